The summed E-state index contributed by atoms with van der Waals surface area (Å²) in [5.41, 5.74) is 2.42. The SMILES string of the molecule is CCNC(=NCc1cccc(C(=O)OCc2ccccc2)c1)NCCOC. The van der Waals surface area contributed by atoms with E-state index >= 15 is 0 Å². The molecular formula is C21H27N3O3. The van der Waals surface area contributed by atoms with Crippen LogP contribution < -0.4 is 10.6 Å². The lowest BCUT2D eigenvalue weighted by atomic mass is 10.1. The first kappa shape index (κ1) is 20.5. The molecule has 0 heterocycles. The number of esters is 1. The van der Waals surface area contributed by atoms with Gasteiger partial charge in [0.05, 0.1) is 18.7 Å². The van der Waals surface area contributed by atoms with Gasteiger partial charge in [-0.1, -0.05) is 42.5 Å². The van der Waals surface area contributed by atoms with Crippen LogP contribution in [-0.2, 0) is 22.6 Å². The van der Waals surface area contributed by atoms with Gasteiger partial charge in [0.25, 0.3) is 0 Å². The van der Waals surface area contributed by atoms with Crippen LogP contribution >= 0.6 is 0 Å². The van der Waals surface area contributed by atoms with Gasteiger partial charge in [-0.2, -0.15) is 0 Å². The summed E-state index contributed by atoms with van der Waals surface area (Å²) < 4.78 is 10.4. The molecule has 0 atom stereocenters. The van der Waals surface area contributed by atoms with Crippen LogP contribution in [0.15, 0.2) is 59.6 Å². The highest BCUT2D eigenvalue weighted by Crippen LogP contribution is 2.10. The summed E-state index contributed by atoms with van der Waals surface area (Å²) in [5, 5.41) is 6.37. The van der Waals surface area contributed by atoms with Gasteiger partial charge < -0.3 is 20.1 Å². The van der Waals surface area contributed by atoms with Crippen LogP contribution in [0, 0.1) is 0 Å². The second-order valence-electron chi connectivity index (χ2n) is 5.88. The molecule has 144 valence electrons. The fraction of sp³-hybridized carbons (Fsp3) is 0.333. The van der Waals surface area contributed by atoms with Crippen LogP contribution in [0.25, 0.3) is 0 Å². The molecule has 0 aliphatic rings. The van der Waals surface area contributed by atoms with Gasteiger partial charge in [-0.25, -0.2) is 9.79 Å². The number of nitrogens with one attached hydrogen (secondary N) is 2. The Kier molecular flexibility index (Phi) is 8.86. The summed E-state index contributed by atoms with van der Waals surface area (Å²) in [7, 11) is 1.66. The van der Waals surface area contributed by atoms with Crippen molar-refractivity contribution in [3.05, 3.63) is 71.3 Å². The molecule has 2 rings (SSSR count). The highest BCUT2D eigenvalue weighted by molar-refractivity contribution is 5.89. The van der Waals surface area contributed by atoms with Crippen LogP contribution in [-0.4, -0.2) is 38.7 Å². The molecule has 0 unspecified atom stereocenters. The molecule has 27 heavy (non-hydrogen) atoms. The van der Waals surface area contributed by atoms with E-state index in [9.17, 15) is 4.79 Å². The van der Waals surface area contributed by atoms with Crippen molar-refractivity contribution >= 4 is 11.9 Å². The maximum Gasteiger partial charge on any atom is 0.338 e. The number of carbonyl (C=O) groups excluding carboxylic acids is 1. The van der Waals surface area contributed by atoms with Crippen molar-refractivity contribution in [3.63, 3.8) is 0 Å². The largest absolute Gasteiger partial charge is 0.457 e. The van der Waals surface area contributed by atoms with E-state index in [1.54, 1.807) is 13.2 Å². The lowest BCUT2D eigenvalue weighted by Gasteiger charge is -2.11. The number of methoxy groups -OCH3 is 1. The molecule has 0 amide bonds. The minimum Gasteiger partial charge on any atom is -0.457 e. The average Bonchev–Trinajstić information content (AvgIpc) is 2.71. The second kappa shape index (κ2) is 11.7. The monoisotopic (exact) mass is 369 g/mol. The van der Waals surface area contributed by atoms with E-state index in [0.717, 1.165) is 17.7 Å². The van der Waals surface area contributed by atoms with Gasteiger partial charge in [0.15, 0.2) is 5.96 Å². The third-order valence-electron chi connectivity index (χ3n) is 3.74. The predicted octanol–water partition coefficient (Wildman–Crippen LogP) is 2.75. The zero-order chi connectivity index (χ0) is 19.3. The molecule has 6 heteroatoms. The van der Waals surface area contributed by atoms with E-state index in [-0.39, 0.29) is 12.6 Å². The number of nitrogens with zero attached hydrogens (tertiary/aromatic N) is 1. The quantitative estimate of drug-likeness (QED) is 0.308. The molecule has 0 fully saturated rings. The molecule has 0 bridgehead atoms. The van der Waals surface area contributed by atoms with Gasteiger partial charge in [0, 0.05) is 20.2 Å². The first-order chi connectivity index (χ1) is 13.2. The summed E-state index contributed by atoms with van der Waals surface area (Å²) in [5.74, 6) is 0.376. The number of benzene rings is 2. The Hall–Kier alpha value is -2.86. The highest BCUT2D eigenvalue weighted by atomic mass is 16.5. The van der Waals surface area contributed by atoms with Crippen LogP contribution in [0.1, 0.15) is 28.4 Å². The molecule has 0 saturated heterocycles. The Labute approximate surface area is 160 Å². The molecule has 6 nitrogen and oxygen atoms in total. The van der Waals surface area contributed by atoms with E-state index in [2.05, 4.69) is 15.6 Å². The molecule has 0 aliphatic carbocycles. The van der Waals surface area contributed by atoms with Crippen LogP contribution in [0.5, 0.6) is 0 Å². The van der Waals surface area contributed by atoms with Gasteiger partial charge in [0.1, 0.15) is 6.61 Å². The van der Waals surface area contributed by atoms with Gasteiger partial charge in [-0.15, -0.1) is 0 Å². The van der Waals surface area contributed by atoms with Gasteiger partial charge in [-0.05, 0) is 30.2 Å². The molecule has 0 radical (unpaired) electrons. The molecule has 2 N–H and O–H groups in total. The molecule has 2 aromatic carbocycles. The summed E-state index contributed by atoms with van der Waals surface area (Å²) in [6, 6.07) is 17.0. The van der Waals surface area contributed by atoms with Crippen molar-refractivity contribution in [1.82, 2.24) is 10.6 Å². The molecule has 2 aromatic rings. The number of aliphatic imine (C=N–C) groups is 1. The van der Waals surface area contributed by atoms with E-state index < -0.39 is 0 Å². The van der Waals surface area contributed by atoms with Crippen molar-refractivity contribution in [1.29, 1.82) is 0 Å². The minimum atomic E-state index is -0.338. The van der Waals surface area contributed by atoms with Crippen molar-refractivity contribution in [2.24, 2.45) is 4.99 Å². The number of rotatable bonds is 9. The Bertz CT molecular complexity index is 732. The number of carbonyl (C=O) groups is 1. The van der Waals surface area contributed by atoms with Gasteiger partial charge in [-0.3, -0.25) is 0 Å². The fourth-order valence-corrected chi connectivity index (χ4v) is 2.39. The third-order valence-corrected chi connectivity index (χ3v) is 3.74. The summed E-state index contributed by atoms with van der Waals surface area (Å²) in [6.45, 7) is 4.78. The Morgan fingerprint density at radius 2 is 1.81 bits per heavy atom. The van der Waals surface area contributed by atoms with Gasteiger partial charge >= 0.3 is 5.97 Å². The number of hydrogen-bond acceptors (Lipinski definition) is 4. The molecule has 0 aromatic heterocycles. The highest BCUT2D eigenvalue weighted by Gasteiger charge is 2.08. The van der Waals surface area contributed by atoms with Crippen molar-refractivity contribution in [2.45, 2.75) is 20.1 Å². The van der Waals surface area contributed by atoms with E-state index in [0.29, 0.717) is 31.2 Å². The number of ether oxygens (including phenoxy) is 2. The van der Waals surface area contributed by atoms with Crippen molar-refractivity contribution < 1.29 is 14.3 Å². The molecule has 0 aliphatic heterocycles. The minimum absolute atomic E-state index is 0.260. The van der Waals surface area contributed by atoms with E-state index in [1.807, 2.05) is 55.5 Å². The van der Waals surface area contributed by atoms with E-state index in [1.165, 1.54) is 0 Å². The second-order valence-corrected chi connectivity index (χ2v) is 5.88. The normalized spacial score (nSPS) is 11.1. The van der Waals surface area contributed by atoms with Crippen molar-refractivity contribution in [2.75, 3.05) is 26.8 Å². The van der Waals surface area contributed by atoms with E-state index in [4.69, 9.17) is 9.47 Å². The van der Waals surface area contributed by atoms with Crippen LogP contribution in [0.4, 0.5) is 0 Å². The maximum atomic E-state index is 12.3. The first-order valence-electron chi connectivity index (χ1n) is 9.04. The van der Waals surface area contributed by atoms with Gasteiger partial charge in [0.2, 0.25) is 0 Å². The summed E-state index contributed by atoms with van der Waals surface area (Å²) in [4.78, 5) is 16.8. The Morgan fingerprint density at radius 3 is 2.56 bits per heavy atom. The zero-order valence-corrected chi connectivity index (χ0v) is 15.9. The predicted molar refractivity (Wildman–Crippen MR) is 107 cm³/mol. The Balaban J connectivity index is 1.94. The van der Waals surface area contributed by atoms with Crippen LogP contribution in [0.3, 0.4) is 0 Å². The fourth-order valence-electron chi connectivity index (χ4n) is 2.39. The zero-order valence-electron chi connectivity index (χ0n) is 15.9. The van der Waals surface area contributed by atoms with Crippen LogP contribution in [0.2, 0.25) is 0 Å². The lowest BCUT2D eigenvalue weighted by molar-refractivity contribution is 0.0472. The third kappa shape index (κ3) is 7.50. The number of guanidine groups is 1. The average molecular weight is 369 g/mol. The molecule has 0 saturated carbocycles. The smallest absolute Gasteiger partial charge is 0.338 e. The topological polar surface area (TPSA) is 72.0 Å². The standard InChI is InChI=1S/C21H27N3O3/c1-3-22-21(23-12-13-26-2)24-15-18-10-7-11-19(14-18)20(25)27-16-17-8-5-4-6-9-17/h4-11,14H,3,12-13,15-16H2,1-2H3,(H2,22,23,24). The maximum absolute atomic E-state index is 12.3. The number of hydrogen-bond donors (Lipinski definition) is 2. The van der Waals surface area contributed by atoms with Crippen molar-refractivity contribution in [3.8, 4) is 0 Å². The summed E-state index contributed by atoms with van der Waals surface area (Å²) in [6.07, 6.45) is 0. The molecular weight excluding hydrogens is 342 g/mol. The lowest BCUT2D eigenvalue weighted by Crippen LogP contribution is -2.38. The summed E-state index contributed by atoms with van der Waals surface area (Å²) >= 11 is 0. The molecule has 0 spiro atoms. The Morgan fingerprint density at radius 1 is 1.04 bits per heavy atom. The first-order valence-corrected chi connectivity index (χ1v) is 9.04.